The number of rotatable bonds is 3. The second-order valence-electron chi connectivity index (χ2n) is 4.42. The van der Waals surface area contributed by atoms with Gasteiger partial charge in [0.15, 0.2) is 0 Å². The van der Waals surface area contributed by atoms with Gasteiger partial charge in [-0.25, -0.2) is 9.37 Å². The molecule has 0 spiro atoms. The first-order valence-electron chi connectivity index (χ1n) is 5.99. The molecule has 3 nitrogen and oxygen atoms in total. The summed E-state index contributed by atoms with van der Waals surface area (Å²) in [5, 5.41) is 12.1. The zero-order valence-electron chi connectivity index (χ0n) is 10.8. The highest BCUT2D eigenvalue weighted by Gasteiger charge is 2.08. The maximum Gasteiger partial charge on any atom is 0.127 e. The molecule has 0 fully saturated rings. The van der Waals surface area contributed by atoms with Crippen molar-refractivity contribution in [2.45, 2.75) is 19.9 Å². The predicted octanol–water partition coefficient (Wildman–Crippen LogP) is 3.57. The van der Waals surface area contributed by atoms with E-state index in [2.05, 4.69) is 16.4 Å². The first-order valence-corrected chi connectivity index (χ1v) is 5.99. The molecule has 0 saturated heterocycles. The second kappa shape index (κ2) is 5.49. The Labute approximate surface area is 111 Å². The molecular formula is C15H14FN3. The number of nitrogens with one attached hydrogen (secondary N) is 1. The summed E-state index contributed by atoms with van der Waals surface area (Å²) in [6.07, 6.45) is 0. The Hall–Kier alpha value is -2.41. The fourth-order valence-corrected chi connectivity index (χ4v) is 1.89. The molecule has 0 aliphatic carbocycles. The van der Waals surface area contributed by atoms with E-state index in [9.17, 15) is 4.39 Å². The molecule has 19 heavy (non-hydrogen) atoms. The molecular weight excluding hydrogens is 241 g/mol. The molecule has 0 saturated carbocycles. The third-order valence-corrected chi connectivity index (χ3v) is 2.80. The van der Waals surface area contributed by atoms with E-state index >= 15 is 0 Å². The first kappa shape index (κ1) is 13.0. The molecule has 1 N–H and O–H groups in total. The van der Waals surface area contributed by atoms with Crippen LogP contribution in [0.2, 0.25) is 0 Å². The van der Waals surface area contributed by atoms with Crippen molar-refractivity contribution in [3.05, 3.63) is 59.0 Å². The number of pyridine rings is 1. The number of nitriles is 1. The van der Waals surface area contributed by atoms with Crippen molar-refractivity contribution in [1.82, 2.24) is 4.98 Å². The number of aromatic nitrogens is 1. The van der Waals surface area contributed by atoms with Gasteiger partial charge in [0.1, 0.15) is 11.6 Å². The third kappa shape index (κ3) is 3.29. The number of nitrogens with zero attached hydrogens (tertiary/aromatic N) is 2. The standard InChI is InChI=1S/C15H14FN3/c1-10-6-12(9-17)7-15(18-10)19-11(2)13-4-3-5-14(16)8-13/h3-8,11H,1-2H3,(H,18,19). The Morgan fingerprint density at radius 1 is 1.32 bits per heavy atom. The maximum absolute atomic E-state index is 13.2. The van der Waals surface area contributed by atoms with Gasteiger partial charge >= 0.3 is 0 Å². The molecule has 0 bridgehead atoms. The summed E-state index contributed by atoms with van der Waals surface area (Å²) in [5.41, 5.74) is 2.16. The summed E-state index contributed by atoms with van der Waals surface area (Å²) >= 11 is 0. The van der Waals surface area contributed by atoms with Crippen LogP contribution in [0.1, 0.15) is 29.8 Å². The fourth-order valence-electron chi connectivity index (χ4n) is 1.89. The number of hydrogen-bond donors (Lipinski definition) is 1. The third-order valence-electron chi connectivity index (χ3n) is 2.80. The van der Waals surface area contributed by atoms with Gasteiger partial charge in [-0.05, 0) is 43.7 Å². The van der Waals surface area contributed by atoms with E-state index < -0.39 is 0 Å². The largest absolute Gasteiger partial charge is 0.364 e. The molecule has 2 aromatic rings. The van der Waals surface area contributed by atoms with Crippen LogP contribution >= 0.6 is 0 Å². The molecule has 0 radical (unpaired) electrons. The smallest absolute Gasteiger partial charge is 0.127 e. The van der Waals surface area contributed by atoms with Crippen molar-refractivity contribution < 1.29 is 4.39 Å². The Morgan fingerprint density at radius 3 is 2.79 bits per heavy atom. The summed E-state index contributed by atoms with van der Waals surface area (Å²) < 4.78 is 13.2. The lowest BCUT2D eigenvalue weighted by Crippen LogP contribution is -2.08. The molecule has 2 rings (SSSR count). The minimum absolute atomic E-state index is 0.0865. The fraction of sp³-hybridized carbons (Fsp3) is 0.200. The average Bonchev–Trinajstić information content (AvgIpc) is 2.38. The highest BCUT2D eigenvalue weighted by atomic mass is 19.1. The van der Waals surface area contributed by atoms with E-state index in [1.807, 2.05) is 19.9 Å². The molecule has 0 amide bonds. The normalized spacial score (nSPS) is 11.7. The van der Waals surface area contributed by atoms with Crippen LogP contribution in [0, 0.1) is 24.1 Å². The van der Waals surface area contributed by atoms with E-state index in [0.717, 1.165) is 11.3 Å². The Bertz CT molecular complexity index is 632. The quantitative estimate of drug-likeness (QED) is 0.912. The molecule has 1 aromatic carbocycles. The van der Waals surface area contributed by atoms with Crippen LogP contribution in [0.4, 0.5) is 10.2 Å². The summed E-state index contributed by atoms with van der Waals surface area (Å²) in [7, 11) is 0. The van der Waals surface area contributed by atoms with Gasteiger partial charge < -0.3 is 5.32 Å². The van der Waals surface area contributed by atoms with Gasteiger partial charge in [-0.3, -0.25) is 0 Å². The number of anilines is 1. The second-order valence-corrected chi connectivity index (χ2v) is 4.42. The van der Waals surface area contributed by atoms with Crippen LogP contribution in [0.15, 0.2) is 36.4 Å². The Balaban J connectivity index is 2.21. The van der Waals surface area contributed by atoms with E-state index in [1.165, 1.54) is 12.1 Å². The van der Waals surface area contributed by atoms with Gasteiger partial charge in [-0.15, -0.1) is 0 Å². The van der Waals surface area contributed by atoms with Gasteiger partial charge in [0, 0.05) is 5.69 Å². The molecule has 1 aromatic heterocycles. The van der Waals surface area contributed by atoms with E-state index in [-0.39, 0.29) is 11.9 Å². The SMILES string of the molecule is Cc1cc(C#N)cc(NC(C)c2cccc(F)c2)n1. The lowest BCUT2D eigenvalue weighted by atomic mass is 10.1. The van der Waals surface area contributed by atoms with Crippen LogP contribution in [-0.2, 0) is 0 Å². The van der Waals surface area contributed by atoms with Gasteiger partial charge in [-0.2, -0.15) is 5.26 Å². The number of aryl methyl sites for hydroxylation is 1. The highest BCUT2D eigenvalue weighted by molar-refractivity contribution is 5.46. The van der Waals surface area contributed by atoms with Crippen LogP contribution in [0.25, 0.3) is 0 Å². The zero-order valence-corrected chi connectivity index (χ0v) is 10.8. The summed E-state index contributed by atoms with van der Waals surface area (Å²) in [5.74, 6) is 0.356. The Kier molecular flexibility index (Phi) is 3.76. The average molecular weight is 255 g/mol. The summed E-state index contributed by atoms with van der Waals surface area (Å²) in [4.78, 5) is 4.31. The van der Waals surface area contributed by atoms with Crippen LogP contribution in [-0.4, -0.2) is 4.98 Å². The van der Waals surface area contributed by atoms with Crippen LogP contribution in [0.3, 0.4) is 0 Å². The monoisotopic (exact) mass is 255 g/mol. The first-order chi connectivity index (χ1) is 9.08. The molecule has 1 heterocycles. The maximum atomic E-state index is 13.2. The van der Waals surface area contributed by atoms with Crippen molar-refractivity contribution in [3.8, 4) is 6.07 Å². The van der Waals surface area contributed by atoms with Crippen LogP contribution < -0.4 is 5.32 Å². The van der Waals surface area contributed by atoms with Crippen molar-refractivity contribution in [2.75, 3.05) is 5.32 Å². The minimum atomic E-state index is -0.263. The predicted molar refractivity (Wildman–Crippen MR) is 72.1 cm³/mol. The number of benzene rings is 1. The topological polar surface area (TPSA) is 48.7 Å². The molecule has 96 valence electrons. The van der Waals surface area contributed by atoms with Gasteiger partial charge in [0.2, 0.25) is 0 Å². The van der Waals surface area contributed by atoms with E-state index in [0.29, 0.717) is 11.4 Å². The number of halogens is 1. The Morgan fingerprint density at radius 2 is 2.11 bits per heavy atom. The van der Waals surface area contributed by atoms with Crippen LogP contribution in [0.5, 0.6) is 0 Å². The summed E-state index contributed by atoms with van der Waals surface area (Å²) in [6, 6.07) is 11.8. The lowest BCUT2D eigenvalue weighted by Gasteiger charge is -2.15. The van der Waals surface area contributed by atoms with Crippen molar-refractivity contribution in [3.63, 3.8) is 0 Å². The van der Waals surface area contributed by atoms with Crippen molar-refractivity contribution in [1.29, 1.82) is 5.26 Å². The lowest BCUT2D eigenvalue weighted by molar-refractivity contribution is 0.623. The van der Waals surface area contributed by atoms with Gasteiger partial charge in [0.25, 0.3) is 0 Å². The summed E-state index contributed by atoms with van der Waals surface area (Å²) in [6.45, 7) is 3.75. The van der Waals surface area contributed by atoms with Gasteiger partial charge in [-0.1, -0.05) is 12.1 Å². The van der Waals surface area contributed by atoms with E-state index in [1.54, 1.807) is 18.2 Å². The molecule has 1 unspecified atom stereocenters. The van der Waals surface area contributed by atoms with Crippen molar-refractivity contribution >= 4 is 5.82 Å². The van der Waals surface area contributed by atoms with E-state index in [4.69, 9.17) is 5.26 Å². The molecule has 4 heteroatoms. The minimum Gasteiger partial charge on any atom is -0.364 e. The van der Waals surface area contributed by atoms with Crippen molar-refractivity contribution in [2.24, 2.45) is 0 Å². The number of hydrogen-bond acceptors (Lipinski definition) is 3. The highest BCUT2D eigenvalue weighted by Crippen LogP contribution is 2.19. The zero-order chi connectivity index (χ0) is 13.8. The molecule has 0 aliphatic heterocycles. The molecule has 1 atom stereocenters. The molecule has 0 aliphatic rings. The van der Waals surface area contributed by atoms with Gasteiger partial charge in [0.05, 0.1) is 17.7 Å².